The number of methoxy groups -OCH3 is 1. The minimum Gasteiger partial charge on any atom is -0.469 e. The summed E-state index contributed by atoms with van der Waals surface area (Å²) in [6, 6.07) is 7.95. The van der Waals surface area contributed by atoms with Crippen molar-refractivity contribution in [3.05, 3.63) is 30.0 Å². The molecule has 16 heavy (non-hydrogen) atoms. The monoisotopic (exact) mass is 218 g/mol. The molecule has 4 nitrogen and oxygen atoms in total. The van der Waals surface area contributed by atoms with E-state index in [1.807, 2.05) is 24.3 Å². The average molecular weight is 218 g/mol. The molecule has 0 unspecified atom stereocenters. The van der Waals surface area contributed by atoms with E-state index in [0.29, 0.717) is 6.42 Å². The van der Waals surface area contributed by atoms with Crippen LogP contribution in [0.15, 0.2) is 24.3 Å². The number of esters is 1. The molecule has 0 aliphatic rings. The van der Waals surface area contributed by atoms with Gasteiger partial charge in [0.05, 0.1) is 12.6 Å². The molecule has 1 aromatic carbocycles. The van der Waals surface area contributed by atoms with Crippen molar-refractivity contribution in [3.8, 4) is 0 Å². The summed E-state index contributed by atoms with van der Waals surface area (Å²) in [5.41, 5.74) is 2.05. The molecule has 0 radical (unpaired) electrons. The van der Waals surface area contributed by atoms with Crippen LogP contribution in [0.25, 0.3) is 10.9 Å². The van der Waals surface area contributed by atoms with Crippen molar-refractivity contribution < 1.29 is 9.53 Å². The molecule has 1 heterocycles. The Bertz CT molecular complexity index is 490. The summed E-state index contributed by atoms with van der Waals surface area (Å²) in [7, 11) is 1.41. The maximum Gasteiger partial charge on any atom is 0.305 e. The first-order valence-electron chi connectivity index (χ1n) is 5.30. The van der Waals surface area contributed by atoms with E-state index in [2.05, 4.69) is 14.9 Å². The summed E-state index contributed by atoms with van der Waals surface area (Å²) in [6.07, 6.45) is 2.04. The Labute approximate surface area is 93.6 Å². The first-order valence-corrected chi connectivity index (χ1v) is 5.30. The number of ether oxygens (including phenoxy) is 1. The fourth-order valence-corrected chi connectivity index (χ4v) is 1.72. The number of fused-ring (bicyclic) bond motifs is 1. The van der Waals surface area contributed by atoms with E-state index in [9.17, 15) is 4.79 Å². The molecule has 2 rings (SSSR count). The van der Waals surface area contributed by atoms with Crippen molar-refractivity contribution >= 4 is 16.9 Å². The number of benzene rings is 1. The van der Waals surface area contributed by atoms with Crippen molar-refractivity contribution in [2.24, 2.45) is 0 Å². The number of aromatic nitrogens is 2. The van der Waals surface area contributed by atoms with E-state index >= 15 is 0 Å². The third-order valence-electron chi connectivity index (χ3n) is 2.58. The first kappa shape index (κ1) is 10.7. The molecular weight excluding hydrogens is 204 g/mol. The normalized spacial score (nSPS) is 10.6. The molecule has 0 aliphatic carbocycles. The van der Waals surface area contributed by atoms with E-state index in [1.54, 1.807) is 0 Å². The van der Waals surface area contributed by atoms with E-state index in [1.165, 1.54) is 7.11 Å². The zero-order valence-corrected chi connectivity index (χ0v) is 9.19. The van der Waals surface area contributed by atoms with Crippen LogP contribution in [0.3, 0.4) is 0 Å². The third kappa shape index (κ3) is 2.21. The molecule has 0 bridgehead atoms. The molecule has 0 saturated heterocycles. The van der Waals surface area contributed by atoms with Crippen LogP contribution in [-0.2, 0) is 16.0 Å². The van der Waals surface area contributed by atoms with Crippen LogP contribution in [0.5, 0.6) is 0 Å². The van der Waals surface area contributed by atoms with E-state index in [0.717, 1.165) is 29.4 Å². The Morgan fingerprint density at radius 3 is 3.06 bits per heavy atom. The molecule has 4 heteroatoms. The Morgan fingerprint density at radius 1 is 1.44 bits per heavy atom. The predicted octanol–water partition coefficient (Wildman–Crippen LogP) is 2.06. The second-order valence-corrected chi connectivity index (χ2v) is 3.65. The van der Waals surface area contributed by atoms with Crippen LogP contribution in [-0.4, -0.2) is 23.3 Å². The van der Waals surface area contributed by atoms with Crippen LogP contribution < -0.4 is 0 Å². The number of H-pyrrole nitrogens is 1. The lowest BCUT2D eigenvalue weighted by Gasteiger charge is -1.98. The van der Waals surface area contributed by atoms with Gasteiger partial charge in [-0.1, -0.05) is 18.2 Å². The second kappa shape index (κ2) is 4.79. The number of hydrogen-bond acceptors (Lipinski definition) is 3. The van der Waals surface area contributed by atoms with Gasteiger partial charge in [-0.2, -0.15) is 5.10 Å². The zero-order chi connectivity index (χ0) is 11.4. The van der Waals surface area contributed by atoms with Gasteiger partial charge in [-0.3, -0.25) is 9.89 Å². The molecule has 0 amide bonds. The van der Waals surface area contributed by atoms with Crippen LogP contribution in [0, 0.1) is 0 Å². The summed E-state index contributed by atoms with van der Waals surface area (Å²) < 4.78 is 4.59. The molecule has 84 valence electrons. The Hall–Kier alpha value is -1.84. The average Bonchev–Trinajstić information content (AvgIpc) is 2.73. The Kier molecular flexibility index (Phi) is 3.19. The van der Waals surface area contributed by atoms with Gasteiger partial charge in [-0.25, -0.2) is 0 Å². The predicted molar refractivity (Wildman–Crippen MR) is 61.0 cm³/mol. The van der Waals surface area contributed by atoms with Gasteiger partial charge < -0.3 is 4.74 Å². The summed E-state index contributed by atoms with van der Waals surface area (Å²) >= 11 is 0. The largest absolute Gasteiger partial charge is 0.469 e. The number of carbonyl (C=O) groups excluding carboxylic acids is 1. The van der Waals surface area contributed by atoms with Gasteiger partial charge in [-0.15, -0.1) is 0 Å². The van der Waals surface area contributed by atoms with Gasteiger partial charge >= 0.3 is 5.97 Å². The standard InChI is InChI=1S/C12H14N2O2/c1-16-12(15)8-4-7-11-9-5-2-3-6-10(9)13-14-11/h2-3,5-6H,4,7-8H2,1H3,(H,13,14). The summed E-state index contributed by atoms with van der Waals surface area (Å²) in [6.45, 7) is 0. The Balaban J connectivity index is 2.02. The maximum atomic E-state index is 11.0. The maximum absolute atomic E-state index is 11.0. The minimum absolute atomic E-state index is 0.163. The highest BCUT2D eigenvalue weighted by atomic mass is 16.5. The van der Waals surface area contributed by atoms with Gasteiger partial charge in [0.2, 0.25) is 0 Å². The third-order valence-corrected chi connectivity index (χ3v) is 2.58. The van der Waals surface area contributed by atoms with Gasteiger partial charge in [-0.05, 0) is 18.9 Å². The smallest absolute Gasteiger partial charge is 0.305 e. The van der Waals surface area contributed by atoms with Crippen molar-refractivity contribution in [3.63, 3.8) is 0 Å². The first-order chi connectivity index (χ1) is 7.81. The molecular formula is C12H14N2O2. The van der Waals surface area contributed by atoms with Crippen molar-refractivity contribution in [2.75, 3.05) is 7.11 Å². The molecule has 0 spiro atoms. The van der Waals surface area contributed by atoms with E-state index < -0.39 is 0 Å². The van der Waals surface area contributed by atoms with Crippen LogP contribution in [0.1, 0.15) is 18.5 Å². The Morgan fingerprint density at radius 2 is 2.25 bits per heavy atom. The number of rotatable bonds is 4. The highest BCUT2D eigenvalue weighted by molar-refractivity contribution is 5.81. The van der Waals surface area contributed by atoms with Crippen molar-refractivity contribution in [1.82, 2.24) is 10.2 Å². The number of hydrogen-bond donors (Lipinski definition) is 1. The fraction of sp³-hybridized carbons (Fsp3) is 0.333. The quantitative estimate of drug-likeness (QED) is 0.799. The molecule has 1 aromatic heterocycles. The molecule has 0 fully saturated rings. The minimum atomic E-state index is -0.163. The van der Waals surface area contributed by atoms with Crippen LogP contribution in [0.2, 0.25) is 0 Å². The lowest BCUT2D eigenvalue weighted by Crippen LogP contribution is -2.00. The van der Waals surface area contributed by atoms with Crippen LogP contribution >= 0.6 is 0 Å². The second-order valence-electron chi connectivity index (χ2n) is 3.65. The fourth-order valence-electron chi connectivity index (χ4n) is 1.72. The summed E-state index contributed by atoms with van der Waals surface area (Å²) in [5.74, 6) is -0.163. The van der Waals surface area contributed by atoms with Gasteiger partial charge in [0.25, 0.3) is 0 Å². The SMILES string of the molecule is COC(=O)CCCc1[nH]nc2ccccc12. The summed E-state index contributed by atoms with van der Waals surface area (Å²) in [4.78, 5) is 11.0. The molecule has 0 aliphatic heterocycles. The zero-order valence-electron chi connectivity index (χ0n) is 9.19. The lowest BCUT2D eigenvalue weighted by molar-refractivity contribution is -0.140. The number of nitrogens with zero attached hydrogens (tertiary/aromatic N) is 1. The van der Waals surface area contributed by atoms with E-state index in [-0.39, 0.29) is 5.97 Å². The van der Waals surface area contributed by atoms with E-state index in [4.69, 9.17) is 0 Å². The highest BCUT2D eigenvalue weighted by Crippen LogP contribution is 2.16. The highest BCUT2D eigenvalue weighted by Gasteiger charge is 2.05. The van der Waals surface area contributed by atoms with Crippen molar-refractivity contribution in [1.29, 1.82) is 0 Å². The molecule has 0 atom stereocenters. The molecule has 0 saturated carbocycles. The van der Waals surface area contributed by atoms with Gasteiger partial charge in [0.15, 0.2) is 0 Å². The number of carbonyl (C=O) groups is 1. The van der Waals surface area contributed by atoms with Gasteiger partial charge in [0.1, 0.15) is 0 Å². The van der Waals surface area contributed by atoms with Crippen LogP contribution in [0.4, 0.5) is 0 Å². The van der Waals surface area contributed by atoms with Gasteiger partial charge in [0, 0.05) is 17.5 Å². The van der Waals surface area contributed by atoms with Crippen molar-refractivity contribution in [2.45, 2.75) is 19.3 Å². The topological polar surface area (TPSA) is 55.0 Å². The number of nitrogens with one attached hydrogen (secondary N) is 1. The summed E-state index contributed by atoms with van der Waals surface area (Å²) in [5, 5.41) is 8.33. The molecule has 1 N–H and O–H groups in total. The number of aryl methyl sites for hydroxylation is 1. The number of aromatic amines is 1. The molecule has 2 aromatic rings. The number of para-hydroxylation sites is 1. The lowest BCUT2D eigenvalue weighted by atomic mass is 10.1.